The van der Waals surface area contributed by atoms with E-state index in [1.807, 2.05) is 81.2 Å². The van der Waals surface area contributed by atoms with Crippen molar-refractivity contribution in [2.45, 2.75) is 40.3 Å². The Morgan fingerprint density at radius 3 is 2.60 bits per heavy atom. The number of aromatic amines is 1. The average molecular weight is 534 g/mol. The fourth-order valence-corrected chi connectivity index (χ4v) is 4.74. The molecule has 0 atom stereocenters. The van der Waals surface area contributed by atoms with E-state index in [9.17, 15) is 9.59 Å². The molecule has 0 fully saturated rings. The van der Waals surface area contributed by atoms with Crippen LogP contribution >= 0.6 is 0 Å². The molecule has 202 valence electrons. The van der Waals surface area contributed by atoms with Crippen LogP contribution in [0.15, 0.2) is 79.8 Å². The molecule has 3 heterocycles. The van der Waals surface area contributed by atoms with Crippen LogP contribution in [0.1, 0.15) is 40.9 Å². The Morgan fingerprint density at radius 2 is 1.88 bits per heavy atom. The van der Waals surface area contributed by atoms with Gasteiger partial charge in [0.15, 0.2) is 0 Å². The topological polar surface area (TPSA) is 102 Å². The monoisotopic (exact) mass is 533 g/mol. The molecule has 3 aromatic heterocycles. The standard InChI is InChI=1S/C32H31N5O3/c1-6-27(38)35-26-14-23(13-12-20(26)4)29-28-21(5)25(32(39)40-19(2)3)16-33-31(28)36-30(29)24-15-34-37(18-24)17-22-10-8-7-9-11-22/h6-16,18-19H,1,17H2,2-5H3,(H,33,36)(H,35,38). The summed E-state index contributed by atoms with van der Waals surface area (Å²) in [6.45, 7) is 11.7. The Bertz CT molecular complexity index is 1730. The zero-order valence-corrected chi connectivity index (χ0v) is 23.0. The second kappa shape index (κ2) is 11.0. The molecule has 0 spiro atoms. The molecular formula is C32H31N5O3. The average Bonchev–Trinajstić information content (AvgIpc) is 3.55. The van der Waals surface area contributed by atoms with Gasteiger partial charge in [-0.3, -0.25) is 9.48 Å². The maximum atomic E-state index is 12.9. The van der Waals surface area contributed by atoms with E-state index >= 15 is 0 Å². The lowest BCUT2D eigenvalue weighted by Gasteiger charge is -2.13. The molecule has 0 saturated carbocycles. The van der Waals surface area contributed by atoms with E-state index in [1.54, 1.807) is 6.20 Å². The van der Waals surface area contributed by atoms with Crippen molar-refractivity contribution in [2.75, 3.05) is 5.32 Å². The molecule has 0 aliphatic carbocycles. The highest BCUT2D eigenvalue weighted by molar-refractivity contribution is 6.08. The van der Waals surface area contributed by atoms with Gasteiger partial charge in [-0.15, -0.1) is 0 Å². The molecule has 8 nitrogen and oxygen atoms in total. The molecule has 5 rings (SSSR count). The van der Waals surface area contributed by atoms with Crippen molar-refractivity contribution in [3.8, 4) is 22.4 Å². The Balaban J connectivity index is 1.69. The van der Waals surface area contributed by atoms with Gasteiger partial charge in [-0.05, 0) is 62.1 Å². The molecule has 2 aromatic carbocycles. The van der Waals surface area contributed by atoms with E-state index in [-0.39, 0.29) is 12.0 Å². The van der Waals surface area contributed by atoms with Gasteiger partial charge >= 0.3 is 5.97 Å². The van der Waals surface area contributed by atoms with Gasteiger partial charge in [-0.25, -0.2) is 9.78 Å². The lowest BCUT2D eigenvalue weighted by molar-refractivity contribution is -0.111. The number of rotatable bonds is 8. The predicted molar refractivity (Wildman–Crippen MR) is 157 cm³/mol. The molecular weight excluding hydrogens is 502 g/mol. The Kier molecular flexibility index (Phi) is 7.33. The van der Waals surface area contributed by atoms with Crippen molar-refractivity contribution in [1.82, 2.24) is 19.7 Å². The summed E-state index contributed by atoms with van der Waals surface area (Å²) in [5, 5.41) is 8.30. The summed E-state index contributed by atoms with van der Waals surface area (Å²) >= 11 is 0. The molecule has 0 radical (unpaired) electrons. The summed E-state index contributed by atoms with van der Waals surface area (Å²) in [6.07, 6.45) is 6.34. The number of aromatic nitrogens is 4. The summed E-state index contributed by atoms with van der Waals surface area (Å²) < 4.78 is 7.38. The van der Waals surface area contributed by atoms with Crippen molar-refractivity contribution in [2.24, 2.45) is 0 Å². The largest absolute Gasteiger partial charge is 0.459 e. The zero-order chi connectivity index (χ0) is 28.4. The molecule has 1 amide bonds. The number of hydrogen-bond acceptors (Lipinski definition) is 5. The van der Waals surface area contributed by atoms with Gasteiger partial charge in [-0.2, -0.15) is 5.10 Å². The summed E-state index contributed by atoms with van der Waals surface area (Å²) in [7, 11) is 0. The number of ether oxygens (including phenoxy) is 1. The minimum atomic E-state index is -0.422. The van der Waals surface area contributed by atoms with Gasteiger partial charge in [0.25, 0.3) is 0 Å². The van der Waals surface area contributed by atoms with Crippen LogP contribution in [0.25, 0.3) is 33.4 Å². The van der Waals surface area contributed by atoms with Crippen LogP contribution in [0.2, 0.25) is 0 Å². The summed E-state index contributed by atoms with van der Waals surface area (Å²) in [6, 6.07) is 16.0. The van der Waals surface area contributed by atoms with Crippen LogP contribution in [0.3, 0.4) is 0 Å². The van der Waals surface area contributed by atoms with Crippen molar-refractivity contribution in [3.63, 3.8) is 0 Å². The number of carbonyl (C=O) groups excluding carboxylic acids is 2. The predicted octanol–water partition coefficient (Wildman–Crippen LogP) is 6.45. The number of nitrogens with zero attached hydrogens (tertiary/aromatic N) is 3. The van der Waals surface area contributed by atoms with E-state index in [4.69, 9.17) is 4.74 Å². The van der Waals surface area contributed by atoms with Crippen molar-refractivity contribution < 1.29 is 14.3 Å². The van der Waals surface area contributed by atoms with Gasteiger partial charge in [0.2, 0.25) is 5.91 Å². The normalized spacial score (nSPS) is 11.1. The van der Waals surface area contributed by atoms with Gasteiger partial charge in [0, 0.05) is 34.6 Å². The SMILES string of the molecule is C=CC(=O)Nc1cc(-c2c(-c3cnn(Cc4ccccc4)c3)[nH]c3ncc(C(=O)OC(C)C)c(C)c23)ccc1C. The quantitative estimate of drug-likeness (QED) is 0.176. The number of nitrogens with one attached hydrogen (secondary N) is 2. The molecule has 8 heteroatoms. The molecule has 0 bridgehead atoms. The van der Waals surface area contributed by atoms with Gasteiger partial charge in [0.05, 0.1) is 30.1 Å². The van der Waals surface area contributed by atoms with E-state index < -0.39 is 5.97 Å². The number of benzene rings is 2. The fraction of sp³-hybridized carbons (Fsp3) is 0.188. The van der Waals surface area contributed by atoms with Gasteiger partial charge in [-0.1, -0.05) is 49.0 Å². The first-order valence-electron chi connectivity index (χ1n) is 13.1. The number of fused-ring (bicyclic) bond motifs is 1. The highest BCUT2D eigenvalue weighted by atomic mass is 16.5. The molecule has 0 aliphatic heterocycles. The molecule has 0 aliphatic rings. The van der Waals surface area contributed by atoms with Gasteiger partial charge < -0.3 is 15.0 Å². The number of anilines is 1. The van der Waals surface area contributed by atoms with Crippen LogP contribution in [0, 0.1) is 13.8 Å². The number of pyridine rings is 1. The van der Waals surface area contributed by atoms with Crippen molar-refractivity contribution >= 4 is 28.6 Å². The number of hydrogen-bond donors (Lipinski definition) is 2. The molecule has 5 aromatic rings. The number of amides is 1. The van der Waals surface area contributed by atoms with E-state index in [1.165, 1.54) is 6.08 Å². The highest BCUT2D eigenvalue weighted by Gasteiger charge is 2.23. The minimum absolute atomic E-state index is 0.257. The van der Waals surface area contributed by atoms with Crippen LogP contribution in [-0.4, -0.2) is 37.7 Å². The van der Waals surface area contributed by atoms with E-state index in [0.717, 1.165) is 44.5 Å². The van der Waals surface area contributed by atoms with Crippen LogP contribution in [-0.2, 0) is 16.1 Å². The van der Waals surface area contributed by atoms with E-state index in [0.29, 0.717) is 23.4 Å². The summed E-state index contributed by atoms with van der Waals surface area (Å²) in [5.74, 6) is -0.715. The van der Waals surface area contributed by atoms with Gasteiger partial charge in [0.1, 0.15) is 5.65 Å². The fourth-order valence-electron chi connectivity index (χ4n) is 4.74. The Morgan fingerprint density at radius 1 is 1.10 bits per heavy atom. The first-order chi connectivity index (χ1) is 19.2. The third kappa shape index (κ3) is 5.29. The van der Waals surface area contributed by atoms with Crippen LogP contribution in [0.5, 0.6) is 0 Å². The van der Waals surface area contributed by atoms with Crippen molar-refractivity contribution in [3.05, 3.63) is 102 Å². The number of aryl methyl sites for hydroxylation is 2. The number of carbonyl (C=O) groups is 2. The van der Waals surface area contributed by atoms with Crippen molar-refractivity contribution in [1.29, 1.82) is 0 Å². The van der Waals surface area contributed by atoms with E-state index in [2.05, 4.69) is 39.1 Å². The summed E-state index contributed by atoms with van der Waals surface area (Å²) in [4.78, 5) is 33.2. The zero-order valence-electron chi connectivity index (χ0n) is 23.0. The second-order valence-electron chi connectivity index (χ2n) is 9.98. The maximum absolute atomic E-state index is 12.9. The smallest absolute Gasteiger partial charge is 0.340 e. The number of esters is 1. The van der Waals surface area contributed by atoms with Crippen LogP contribution < -0.4 is 5.32 Å². The van der Waals surface area contributed by atoms with Crippen LogP contribution in [0.4, 0.5) is 5.69 Å². The summed E-state index contributed by atoms with van der Waals surface area (Å²) in [5.41, 5.74) is 7.89. The first kappa shape index (κ1) is 26.6. The molecule has 2 N–H and O–H groups in total. The Hall–Kier alpha value is -4.98. The minimum Gasteiger partial charge on any atom is -0.459 e. The second-order valence-corrected chi connectivity index (χ2v) is 9.98. The Labute approximate surface area is 232 Å². The number of H-pyrrole nitrogens is 1. The third-order valence-electron chi connectivity index (χ3n) is 6.72. The third-order valence-corrected chi connectivity index (χ3v) is 6.72. The lowest BCUT2D eigenvalue weighted by atomic mass is 9.95. The highest BCUT2D eigenvalue weighted by Crippen LogP contribution is 2.41. The molecule has 40 heavy (non-hydrogen) atoms. The lowest BCUT2D eigenvalue weighted by Crippen LogP contribution is -2.13. The molecule has 0 unspecified atom stereocenters. The molecule has 0 saturated heterocycles. The first-order valence-corrected chi connectivity index (χ1v) is 13.1. The maximum Gasteiger partial charge on any atom is 0.340 e.